The van der Waals surface area contributed by atoms with Crippen LogP contribution in [0.1, 0.15) is 194 Å². The molecule has 0 aromatic carbocycles. The summed E-state index contributed by atoms with van der Waals surface area (Å²) < 4.78 is 58.8. The smallest absolute Gasteiger partial charge is 0.397 e. The van der Waals surface area contributed by atoms with Gasteiger partial charge < -0.3 is 34.3 Å². The highest BCUT2D eigenvalue weighted by Gasteiger charge is 2.48. The molecule has 6 atom stereocenters. The third-order valence-corrected chi connectivity index (χ3v) is 10.7. The number of hydrogen-bond acceptors (Lipinski definition) is 11. The van der Waals surface area contributed by atoms with Gasteiger partial charge in [0.2, 0.25) is 0 Å². The van der Waals surface area contributed by atoms with Gasteiger partial charge in [-0.2, -0.15) is 8.42 Å². The van der Waals surface area contributed by atoms with Gasteiger partial charge in [0, 0.05) is 13.0 Å². The van der Waals surface area contributed by atoms with E-state index in [9.17, 15) is 28.5 Å². The van der Waals surface area contributed by atoms with Gasteiger partial charge in [-0.25, -0.2) is 4.18 Å². The second-order valence-electron chi connectivity index (χ2n) is 15.3. The van der Waals surface area contributed by atoms with Crippen LogP contribution < -0.4 is 0 Å². The predicted molar refractivity (Wildman–Crippen MR) is 211 cm³/mol. The lowest BCUT2D eigenvalue weighted by Gasteiger charge is -2.41. The summed E-state index contributed by atoms with van der Waals surface area (Å²) in [6.45, 7) is 3.96. The van der Waals surface area contributed by atoms with Crippen molar-refractivity contribution in [1.29, 1.82) is 0 Å². The zero-order valence-corrected chi connectivity index (χ0v) is 34.9. The molecule has 0 saturated carbocycles. The highest BCUT2D eigenvalue weighted by Crippen LogP contribution is 2.26. The molecule has 6 unspecified atom stereocenters. The number of aliphatic hydroxyl groups is 3. The van der Waals surface area contributed by atoms with Crippen LogP contribution in [0.4, 0.5) is 0 Å². The van der Waals surface area contributed by atoms with E-state index in [1.807, 2.05) is 0 Å². The van der Waals surface area contributed by atoms with Crippen molar-refractivity contribution in [3.8, 4) is 0 Å². The first kappa shape index (κ1) is 51.1. The zero-order chi connectivity index (χ0) is 39.7. The Hall–Kier alpha value is -0.900. The highest BCUT2D eigenvalue weighted by atomic mass is 32.3. The summed E-state index contributed by atoms with van der Waals surface area (Å²) in [7, 11) is -5.05. The summed E-state index contributed by atoms with van der Waals surface area (Å²) in [5.41, 5.74) is 0. The average Bonchev–Trinajstić information content (AvgIpc) is 3.14. The maximum absolute atomic E-state index is 12.7. The average molecular weight is 797 g/mol. The molecule has 12 nitrogen and oxygen atoms in total. The molecule has 1 rings (SSSR count). The molecule has 54 heavy (non-hydrogen) atoms. The molecular formula is C41H80O12S. The van der Waals surface area contributed by atoms with Crippen LogP contribution in [0.5, 0.6) is 0 Å². The third-order valence-electron chi connectivity index (χ3n) is 10.2. The Balaban J connectivity index is 2.32. The van der Waals surface area contributed by atoms with E-state index in [1.54, 1.807) is 0 Å². The minimum absolute atomic E-state index is 0.0434. The molecule has 13 heteroatoms. The Morgan fingerprint density at radius 1 is 0.630 bits per heavy atom. The molecule has 1 saturated heterocycles. The van der Waals surface area contributed by atoms with E-state index >= 15 is 0 Å². The van der Waals surface area contributed by atoms with Crippen molar-refractivity contribution >= 4 is 16.4 Å². The molecule has 0 aromatic rings. The van der Waals surface area contributed by atoms with Crippen LogP contribution in [0.3, 0.4) is 0 Å². The Morgan fingerprint density at radius 2 is 1.06 bits per heavy atom. The summed E-state index contributed by atoms with van der Waals surface area (Å²) in [5, 5.41) is 30.5. The van der Waals surface area contributed by atoms with Crippen molar-refractivity contribution in [3.05, 3.63) is 0 Å². The number of ether oxygens (including phenoxy) is 4. The van der Waals surface area contributed by atoms with Crippen molar-refractivity contribution < 1.29 is 56.2 Å². The van der Waals surface area contributed by atoms with Crippen molar-refractivity contribution in [2.24, 2.45) is 0 Å². The second kappa shape index (κ2) is 34.2. The van der Waals surface area contributed by atoms with E-state index in [2.05, 4.69) is 18.0 Å². The lowest BCUT2D eigenvalue weighted by atomic mass is 9.99. The predicted octanol–water partition coefficient (Wildman–Crippen LogP) is 8.52. The van der Waals surface area contributed by atoms with Gasteiger partial charge >= 0.3 is 16.4 Å². The summed E-state index contributed by atoms with van der Waals surface area (Å²) in [5.74, 6) is -0.402. The van der Waals surface area contributed by atoms with Crippen LogP contribution >= 0.6 is 0 Å². The number of carbonyl (C=O) groups is 1. The first-order chi connectivity index (χ1) is 26.1. The third kappa shape index (κ3) is 27.7. The van der Waals surface area contributed by atoms with Crippen molar-refractivity contribution in [3.63, 3.8) is 0 Å². The molecule has 0 amide bonds. The highest BCUT2D eigenvalue weighted by molar-refractivity contribution is 7.80. The minimum atomic E-state index is -5.05. The fourth-order valence-electron chi connectivity index (χ4n) is 6.91. The first-order valence-electron chi connectivity index (χ1n) is 21.8. The van der Waals surface area contributed by atoms with E-state index in [1.165, 1.54) is 128 Å². The van der Waals surface area contributed by atoms with Gasteiger partial charge in [0.15, 0.2) is 6.29 Å². The maximum atomic E-state index is 12.7. The summed E-state index contributed by atoms with van der Waals surface area (Å²) >= 11 is 0. The summed E-state index contributed by atoms with van der Waals surface area (Å²) in [6.07, 6.45) is 24.6. The molecule has 0 spiro atoms. The largest absolute Gasteiger partial charge is 0.457 e. The fraction of sp³-hybridized carbons (Fsp3) is 0.976. The number of rotatable bonds is 38. The van der Waals surface area contributed by atoms with Crippen molar-refractivity contribution in [1.82, 2.24) is 0 Å². The quantitative estimate of drug-likeness (QED) is 0.0266. The Morgan fingerprint density at radius 3 is 1.48 bits per heavy atom. The SMILES string of the molecule is CCCCCCCCCCCCCCCCCCCCCCOCC(COC1OC(CO)C(O)C(OS(=O)(=O)O)C1O)OC(=O)CCCCCCCCC. The normalized spacial score (nSPS) is 21.0. The van der Waals surface area contributed by atoms with Gasteiger partial charge in [-0.3, -0.25) is 9.35 Å². The minimum Gasteiger partial charge on any atom is -0.457 e. The van der Waals surface area contributed by atoms with E-state index in [-0.39, 0.29) is 19.6 Å². The molecule has 322 valence electrons. The molecule has 4 N–H and O–H groups in total. The number of esters is 1. The van der Waals surface area contributed by atoms with Crippen LogP contribution in [0.15, 0.2) is 0 Å². The number of hydrogen-bond donors (Lipinski definition) is 4. The van der Waals surface area contributed by atoms with Crippen LogP contribution in [0.25, 0.3) is 0 Å². The van der Waals surface area contributed by atoms with Crippen molar-refractivity contribution in [2.45, 2.75) is 230 Å². The van der Waals surface area contributed by atoms with E-state index < -0.39 is 59.8 Å². The summed E-state index contributed by atoms with van der Waals surface area (Å²) in [6, 6.07) is 0. The Labute approximate surface area is 328 Å². The number of aliphatic hydroxyl groups excluding tert-OH is 3. The fourth-order valence-corrected chi connectivity index (χ4v) is 7.42. The molecule has 1 heterocycles. The monoisotopic (exact) mass is 797 g/mol. The summed E-state index contributed by atoms with van der Waals surface area (Å²) in [4.78, 5) is 12.7. The molecule has 1 aliphatic heterocycles. The van der Waals surface area contributed by atoms with Gasteiger partial charge in [0.25, 0.3) is 0 Å². The zero-order valence-electron chi connectivity index (χ0n) is 34.1. The van der Waals surface area contributed by atoms with E-state index in [0.717, 1.165) is 38.5 Å². The van der Waals surface area contributed by atoms with Crippen LogP contribution in [0, 0.1) is 0 Å². The standard InChI is InChI=1S/C41H80O12S/c1-3-5-7-9-11-12-13-14-15-16-17-18-19-20-21-22-23-25-27-29-31-49-33-35(51-37(43)30-28-26-24-10-8-6-4-2)34-50-41-39(45)40(53-54(46,47)48)38(44)36(32-42)52-41/h35-36,38-42,44-45H,3-34H2,1-2H3,(H,46,47,48). The first-order valence-corrected chi connectivity index (χ1v) is 23.2. The molecule has 0 aromatic heterocycles. The molecule has 0 radical (unpaired) electrons. The van der Waals surface area contributed by atoms with E-state index in [0.29, 0.717) is 13.0 Å². The number of unbranched alkanes of at least 4 members (excludes halogenated alkanes) is 25. The van der Waals surface area contributed by atoms with Crippen LogP contribution in [-0.4, -0.2) is 97.5 Å². The van der Waals surface area contributed by atoms with Crippen molar-refractivity contribution in [2.75, 3.05) is 26.4 Å². The molecule has 0 aliphatic carbocycles. The molecular weight excluding hydrogens is 717 g/mol. The molecule has 0 bridgehead atoms. The number of carbonyl (C=O) groups excluding carboxylic acids is 1. The maximum Gasteiger partial charge on any atom is 0.397 e. The lowest BCUT2D eigenvalue weighted by molar-refractivity contribution is -0.301. The van der Waals surface area contributed by atoms with Gasteiger partial charge in [-0.05, 0) is 12.8 Å². The Kier molecular flexibility index (Phi) is 32.3. The van der Waals surface area contributed by atoms with Gasteiger partial charge in [0.1, 0.15) is 30.5 Å². The van der Waals surface area contributed by atoms with E-state index in [4.69, 9.17) is 23.5 Å². The van der Waals surface area contributed by atoms with Crippen LogP contribution in [-0.2, 0) is 38.3 Å². The molecule has 1 fully saturated rings. The van der Waals surface area contributed by atoms with Gasteiger partial charge in [0.05, 0.1) is 19.8 Å². The lowest BCUT2D eigenvalue weighted by Crippen LogP contribution is -2.60. The molecule has 1 aliphatic rings. The second-order valence-corrected chi connectivity index (χ2v) is 16.4. The topological polar surface area (TPSA) is 178 Å². The van der Waals surface area contributed by atoms with Crippen LogP contribution in [0.2, 0.25) is 0 Å². The van der Waals surface area contributed by atoms with Gasteiger partial charge in [-0.15, -0.1) is 0 Å². The Bertz CT molecular complexity index is 968. The van der Waals surface area contributed by atoms with Gasteiger partial charge in [-0.1, -0.05) is 174 Å².